The number of fused-ring (bicyclic) bond motifs is 1. The largest absolute Gasteiger partial charge is 0.383 e. The van der Waals surface area contributed by atoms with Gasteiger partial charge in [-0.2, -0.15) is 0 Å². The molecule has 4 heteroatoms. The van der Waals surface area contributed by atoms with Gasteiger partial charge in [0.05, 0.1) is 6.61 Å². The molecule has 1 aromatic heterocycles. The third-order valence-electron chi connectivity index (χ3n) is 2.82. The number of methoxy groups -OCH3 is 1. The second kappa shape index (κ2) is 5.69. The van der Waals surface area contributed by atoms with Crippen LogP contribution >= 0.6 is 0 Å². The van der Waals surface area contributed by atoms with E-state index in [9.17, 15) is 4.79 Å². The Labute approximate surface area is 107 Å². The molecule has 18 heavy (non-hydrogen) atoms. The Morgan fingerprint density at radius 2 is 2.17 bits per heavy atom. The van der Waals surface area contributed by atoms with Crippen molar-refractivity contribution in [2.75, 3.05) is 13.7 Å². The monoisotopic (exact) mass is 246 g/mol. The van der Waals surface area contributed by atoms with Gasteiger partial charge in [-0.15, -0.1) is 0 Å². The Bertz CT molecular complexity index is 533. The molecular weight excluding hydrogens is 228 g/mol. The summed E-state index contributed by atoms with van der Waals surface area (Å²) in [5.41, 5.74) is 1.08. The molecule has 4 nitrogen and oxygen atoms in total. The lowest BCUT2D eigenvalue weighted by molar-refractivity contribution is -0.122. The van der Waals surface area contributed by atoms with E-state index in [4.69, 9.17) is 4.74 Å². The molecule has 2 aromatic rings. The van der Waals surface area contributed by atoms with Crippen LogP contribution in [-0.4, -0.2) is 30.2 Å². The number of aromatic nitrogens is 1. The second-order valence-electron chi connectivity index (χ2n) is 4.43. The maximum Gasteiger partial charge on any atom is 0.240 e. The number of nitrogens with zero attached hydrogens (tertiary/aromatic N) is 1. The first-order valence-electron chi connectivity index (χ1n) is 6.03. The van der Waals surface area contributed by atoms with E-state index in [-0.39, 0.29) is 11.9 Å². The number of para-hydroxylation sites is 1. The third-order valence-corrected chi connectivity index (χ3v) is 2.82. The maximum atomic E-state index is 11.9. The van der Waals surface area contributed by atoms with Crippen LogP contribution in [0.25, 0.3) is 10.9 Å². The number of hydrogen-bond acceptors (Lipinski definition) is 2. The Hall–Kier alpha value is -1.81. The lowest BCUT2D eigenvalue weighted by Crippen LogP contribution is -2.37. The summed E-state index contributed by atoms with van der Waals surface area (Å²) in [6.45, 7) is 2.79. The first-order valence-corrected chi connectivity index (χ1v) is 6.03. The highest BCUT2D eigenvalue weighted by Gasteiger charge is 2.08. The number of nitrogens with one attached hydrogen (secondary N) is 1. The normalized spacial score (nSPS) is 12.6. The molecule has 0 aliphatic heterocycles. The van der Waals surface area contributed by atoms with Crippen LogP contribution in [0.15, 0.2) is 36.5 Å². The topological polar surface area (TPSA) is 43.3 Å². The Balaban J connectivity index is 2.03. The predicted octanol–water partition coefficient (Wildman–Crippen LogP) is 1.79. The van der Waals surface area contributed by atoms with Gasteiger partial charge in [0, 0.05) is 24.9 Å². The van der Waals surface area contributed by atoms with Crippen molar-refractivity contribution in [3.63, 3.8) is 0 Å². The zero-order chi connectivity index (χ0) is 13.0. The van der Waals surface area contributed by atoms with Crippen molar-refractivity contribution in [1.82, 2.24) is 9.88 Å². The van der Waals surface area contributed by atoms with E-state index in [1.165, 1.54) is 0 Å². The highest BCUT2D eigenvalue weighted by atomic mass is 16.5. The Morgan fingerprint density at radius 1 is 1.39 bits per heavy atom. The quantitative estimate of drug-likeness (QED) is 0.874. The Morgan fingerprint density at radius 3 is 2.94 bits per heavy atom. The van der Waals surface area contributed by atoms with Crippen LogP contribution in [0.2, 0.25) is 0 Å². The van der Waals surface area contributed by atoms with Crippen LogP contribution < -0.4 is 5.32 Å². The molecule has 96 valence electrons. The van der Waals surface area contributed by atoms with E-state index in [0.717, 1.165) is 10.9 Å². The molecule has 1 heterocycles. The van der Waals surface area contributed by atoms with Gasteiger partial charge in [0.15, 0.2) is 0 Å². The van der Waals surface area contributed by atoms with Gasteiger partial charge in [-0.25, -0.2) is 0 Å². The summed E-state index contributed by atoms with van der Waals surface area (Å²) in [5.74, 6) is 0.000836. The summed E-state index contributed by atoms with van der Waals surface area (Å²) >= 11 is 0. The van der Waals surface area contributed by atoms with Gasteiger partial charge in [-0.05, 0) is 24.4 Å². The molecular formula is C14H18N2O2. The highest BCUT2D eigenvalue weighted by Crippen LogP contribution is 2.14. The molecule has 0 aliphatic carbocycles. The number of carbonyl (C=O) groups is 1. The highest BCUT2D eigenvalue weighted by molar-refractivity contribution is 5.83. The first-order chi connectivity index (χ1) is 8.70. The van der Waals surface area contributed by atoms with E-state index in [0.29, 0.717) is 13.2 Å². The molecule has 0 bridgehead atoms. The molecule has 1 amide bonds. The summed E-state index contributed by atoms with van der Waals surface area (Å²) in [6.07, 6.45) is 1.94. The van der Waals surface area contributed by atoms with Crippen molar-refractivity contribution in [3.05, 3.63) is 36.5 Å². The van der Waals surface area contributed by atoms with Gasteiger partial charge in [0.25, 0.3) is 0 Å². The lowest BCUT2D eigenvalue weighted by atomic mass is 10.2. The SMILES string of the molecule is COCC(C)NC(=O)Cn1ccc2ccccc21. The van der Waals surface area contributed by atoms with Crippen LogP contribution in [0, 0.1) is 0 Å². The first kappa shape index (κ1) is 12.6. The standard InChI is InChI=1S/C14H18N2O2/c1-11(10-18-2)15-14(17)9-16-8-7-12-5-3-4-6-13(12)16/h3-8,11H,9-10H2,1-2H3,(H,15,17). The van der Waals surface area contributed by atoms with E-state index in [1.54, 1.807) is 7.11 Å². The van der Waals surface area contributed by atoms with Crippen LogP contribution in [0.4, 0.5) is 0 Å². The van der Waals surface area contributed by atoms with Crippen molar-refractivity contribution >= 4 is 16.8 Å². The van der Waals surface area contributed by atoms with Gasteiger partial charge in [-0.1, -0.05) is 18.2 Å². The van der Waals surface area contributed by atoms with E-state index in [2.05, 4.69) is 5.32 Å². The van der Waals surface area contributed by atoms with Crippen molar-refractivity contribution in [1.29, 1.82) is 0 Å². The average molecular weight is 246 g/mol. The molecule has 0 radical (unpaired) electrons. The van der Waals surface area contributed by atoms with Crippen LogP contribution in [0.3, 0.4) is 0 Å². The number of benzene rings is 1. The van der Waals surface area contributed by atoms with Crippen LogP contribution in [0.1, 0.15) is 6.92 Å². The van der Waals surface area contributed by atoms with Crippen molar-refractivity contribution in [3.8, 4) is 0 Å². The van der Waals surface area contributed by atoms with Crippen molar-refractivity contribution in [2.45, 2.75) is 19.5 Å². The fraction of sp³-hybridized carbons (Fsp3) is 0.357. The van der Waals surface area contributed by atoms with E-state index in [1.807, 2.05) is 48.0 Å². The predicted molar refractivity (Wildman–Crippen MR) is 71.4 cm³/mol. The molecule has 0 aliphatic rings. The molecule has 0 spiro atoms. The zero-order valence-corrected chi connectivity index (χ0v) is 10.7. The maximum absolute atomic E-state index is 11.9. The van der Waals surface area contributed by atoms with Crippen LogP contribution in [-0.2, 0) is 16.1 Å². The van der Waals surface area contributed by atoms with Gasteiger partial charge in [-0.3, -0.25) is 4.79 Å². The van der Waals surface area contributed by atoms with Gasteiger partial charge in [0.1, 0.15) is 6.54 Å². The molecule has 1 unspecified atom stereocenters. The molecule has 2 rings (SSSR count). The van der Waals surface area contributed by atoms with Crippen LogP contribution in [0.5, 0.6) is 0 Å². The number of ether oxygens (including phenoxy) is 1. The minimum absolute atomic E-state index is 0.000836. The summed E-state index contributed by atoms with van der Waals surface area (Å²) in [5, 5.41) is 4.05. The summed E-state index contributed by atoms with van der Waals surface area (Å²) in [7, 11) is 1.63. The number of hydrogen-bond donors (Lipinski definition) is 1. The van der Waals surface area contributed by atoms with E-state index < -0.39 is 0 Å². The minimum Gasteiger partial charge on any atom is -0.383 e. The fourth-order valence-electron chi connectivity index (χ4n) is 2.05. The summed E-state index contributed by atoms with van der Waals surface area (Å²) in [4.78, 5) is 11.9. The fourth-order valence-corrected chi connectivity index (χ4v) is 2.05. The van der Waals surface area contributed by atoms with Gasteiger partial charge < -0.3 is 14.6 Å². The molecule has 0 fully saturated rings. The summed E-state index contributed by atoms with van der Waals surface area (Å²) < 4.78 is 6.94. The number of carbonyl (C=O) groups excluding carboxylic acids is 1. The molecule has 0 saturated heterocycles. The van der Waals surface area contributed by atoms with E-state index >= 15 is 0 Å². The molecule has 0 saturated carbocycles. The smallest absolute Gasteiger partial charge is 0.240 e. The minimum atomic E-state index is 0.000836. The second-order valence-corrected chi connectivity index (χ2v) is 4.43. The molecule has 1 aromatic carbocycles. The van der Waals surface area contributed by atoms with Gasteiger partial charge in [0.2, 0.25) is 5.91 Å². The van der Waals surface area contributed by atoms with Gasteiger partial charge >= 0.3 is 0 Å². The molecule has 1 atom stereocenters. The van der Waals surface area contributed by atoms with Crippen molar-refractivity contribution < 1.29 is 9.53 Å². The molecule has 1 N–H and O–H groups in total. The van der Waals surface area contributed by atoms with Crippen molar-refractivity contribution in [2.24, 2.45) is 0 Å². The Kier molecular flexibility index (Phi) is 3.99. The zero-order valence-electron chi connectivity index (χ0n) is 10.7. The third kappa shape index (κ3) is 2.90. The summed E-state index contributed by atoms with van der Waals surface area (Å²) in [6, 6.07) is 10.1. The number of rotatable bonds is 5. The lowest BCUT2D eigenvalue weighted by Gasteiger charge is -2.13. The number of amides is 1. The average Bonchev–Trinajstić information content (AvgIpc) is 2.73.